The van der Waals surface area contributed by atoms with Crippen LogP contribution in [0.5, 0.6) is 5.75 Å². The number of ether oxygens (including phenoxy) is 1. The molecule has 0 spiro atoms. The van der Waals surface area contributed by atoms with Crippen LogP contribution in [0.15, 0.2) is 53.4 Å². The van der Waals surface area contributed by atoms with Gasteiger partial charge in [-0.25, -0.2) is 12.8 Å². The van der Waals surface area contributed by atoms with Crippen LogP contribution in [0.2, 0.25) is 0 Å². The fourth-order valence-corrected chi connectivity index (χ4v) is 2.94. The first-order valence-electron chi connectivity index (χ1n) is 6.41. The molecule has 2 N–H and O–H groups in total. The maximum Gasteiger partial charge on any atom is 0.181 e. The number of hydrogen-bond acceptors (Lipinski definition) is 4. The second-order valence-electron chi connectivity index (χ2n) is 4.47. The van der Waals surface area contributed by atoms with Gasteiger partial charge in [-0.3, -0.25) is 0 Å². The maximum atomic E-state index is 12.7. The van der Waals surface area contributed by atoms with Gasteiger partial charge in [0, 0.05) is 6.54 Å². The number of sulfone groups is 1. The van der Waals surface area contributed by atoms with E-state index in [1.165, 1.54) is 30.3 Å². The monoisotopic (exact) mass is 309 g/mol. The van der Waals surface area contributed by atoms with Crippen molar-refractivity contribution in [1.29, 1.82) is 0 Å². The Morgan fingerprint density at radius 2 is 1.81 bits per heavy atom. The predicted molar refractivity (Wildman–Crippen MR) is 78.3 cm³/mol. The third kappa shape index (κ3) is 4.27. The van der Waals surface area contributed by atoms with Crippen molar-refractivity contribution in [2.24, 2.45) is 5.73 Å². The number of nitrogens with two attached hydrogens (primary N) is 1. The van der Waals surface area contributed by atoms with E-state index in [2.05, 4.69) is 0 Å². The Hall–Kier alpha value is -1.92. The van der Waals surface area contributed by atoms with Gasteiger partial charge in [0.1, 0.15) is 18.2 Å². The first kappa shape index (κ1) is 15.5. The summed E-state index contributed by atoms with van der Waals surface area (Å²) in [5.74, 6) is -0.0887. The molecule has 0 saturated heterocycles. The molecule has 6 heteroatoms. The third-order valence-corrected chi connectivity index (χ3v) is 4.60. The summed E-state index contributed by atoms with van der Waals surface area (Å²) in [4.78, 5) is 0.230. The van der Waals surface area contributed by atoms with Crippen molar-refractivity contribution in [2.75, 3.05) is 12.4 Å². The Bertz CT molecular complexity index is 699. The van der Waals surface area contributed by atoms with E-state index in [1.807, 2.05) is 0 Å². The first-order chi connectivity index (χ1) is 10.0. The average molecular weight is 309 g/mol. The second kappa shape index (κ2) is 6.69. The molecule has 2 aromatic rings. The van der Waals surface area contributed by atoms with E-state index in [0.29, 0.717) is 5.75 Å². The highest BCUT2D eigenvalue weighted by Crippen LogP contribution is 2.15. The lowest BCUT2D eigenvalue weighted by Crippen LogP contribution is -2.14. The van der Waals surface area contributed by atoms with Gasteiger partial charge in [0.2, 0.25) is 0 Å². The van der Waals surface area contributed by atoms with Gasteiger partial charge in [-0.1, -0.05) is 12.1 Å². The average Bonchev–Trinajstić information content (AvgIpc) is 2.49. The normalized spacial score (nSPS) is 11.3. The van der Waals surface area contributed by atoms with Crippen LogP contribution in [0.4, 0.5) is 4.39 Å². The highest BCUT2D eigenvalue weighted by Gasteiger charge is 2.14. The molecule has 112 valence electrons. The molecule has 0 heterocycles. The van der Waals surface area contributed by atoms with Gasteiger partial charge < -0.3 is 10.5 Å². The topological polar surface area (TPSA) is 69.4 Å². The van der Waals surface area contributed by atoms with Crippen LogP contribution >= 0.6 is 0 Å². The SMILES string of the molecule is NCc1cccc(S(=O)(=O)CCOc2ccc(F)cc2)c1. The molecule has 0 unspecified atom stereocenters. The Balaban J connectivity index is 1.99. The molecule has 2 rings (SSSR count). The molecule has 0 aliphatic rings. The smallest absolute Gasteiger partial charge is 0.181 e. The zero-order chi connectivity index (χ0) is 15.3. The minimum Gasteiger partial charge on any atom is -0.493 e. The third-order valence-electron chi connectivity index (χ3n) is 2.93. The summed E-state index contributed by atoms with van der Waals surface area (Å²) < 4.78 is 42.4. The van der Waals surface area contributed by atoms with E-state index >= 15 is 0 Å². The molecule has 0 amide bonds. The lowest BCUT2D eigenvalue weighted by atomic mass is 10.2. The lowest BCUT2D eigenvalue weighted by Gasteiger charge is -2.08. The Kier molecular flexibility index (Phi) is 4.93. The predicted octanol–water partition coefficient (Wildman–Crippen LogP) is 2.14. The molecule has 0 aliphatic heterocycles. The lowest BCUT2D eigenvalue weighted by molar-refractivity contribution is 0.340. The number of hydrogen-bond donors (Lipinski definition) is 1. The van der Waals surface area contributed by atoms with Gasteiger partial charge in [0.15, 0.2) is 9.84 Å². The van der Waals surface area contributed by atoms with Gasteiger partial charge in [-0.05, 0) is 42.0 Å². The maximum absolute atomic E-state index is 12.7. The molecule has 0 saturated carbocycles. The van der Waals surface area contributed by atoms with E-state index in [-0.39, 0.29) is 29.6 Å². The zero-order valence-electron chi connectivity index (χ0n) is 11.3. The standard InChI is InChI=1S/C15H16FNO3S/c16-13-4-6-14(7-5-13)20-8-9-21(18,19)15-3-1-2-12(10-15)11-17/h1-7,10H,8-9,11,17H2. The molecule has 0 radical (unpaired) electrons. The van der Waals surface area contributed by atoms with Crippen LogP contribution in [0.25, 0.3) is 0 Å². The van der Waals surface area contributed by atoms with Crippen molar-refractivity contribution in [1.82, 2.24) is 0 Å². The minimum absolute atomic E-state index is 0.000812. The van der Waals surface area contributed by atoms with E-state index in [1.54, 1.807) is 18.2 Å². The number of benzene rings is 2. The van der Waals surface area contributed by atoms with Gasteiger partial charge in [0.05, 0.1) is 10.6 Å². The molecular weight excluding hydrogens is 293 g/mol. The zero-order valence-corrected chi connectivity index (χ0v) is 12.1. The molecule has 4 nitrogen and oxygen atoms in total. The van der Waals surface area contributed by atoms with Crippen molar-refractivity contribution < 1.29 is 17.5 Å². The number of rotatable bonds is 6. The second-order valence-corrected chi connectivity index (χ2v) is 6.58. The fraction of sp³-hybridized carbons (Fsp3) is 0.200. The van der Waals surface area contributed by atoms with E-state index in [0.717, 1.165) is 5.56 Å². The van der Waals surface area contributed by atoms with Crippen LogP contribution in [-0.2, 0) is 16.4 Å². The summed E-state index contributed by atoms with van der Waals surface area (Å²) in [7, 11) is -3.43. The number of halogens is 1. The van der Waals surface area contributed by atoms with E-state index in [9.17, 15) is 12.8 Å². The molecule has 21 heavy (non-hydrogen) atoms. The van der Waals surface area contributed by atoms with Gasteiger partial charge in [-0.2, -0.15) is 0 Å². The van der Waals surface area contributed by atoms with Crippen molar-refractivity contribution in [3.63, 3.8) is 0 Å². The Morgan fingerprint density at radius 3 is 2.48 bits per heavy atom. The van der Waals surface area contributed by atoms with Crippen molar-refractivity contribution in [3.8, 4) is 5.75 Å². The first-order valence-corrected chi connectivity index (χ1v) is 8.06. The van der Waals surface area contributed by atoms with E-state index < -0.39 is 9.84 Å². The van der Waals surface area contributed by atoms with Crippen LogP contribution in [-0.4, -0.2) is 20.8 Å². The molecule has 0 fully saturated rings. The van der Waals surface area contributed by atoms with Crippen molar-refractivity contribution in [3.05, 3.63) is 59.9 Å². The van der Waals surface area contributed by atoms with Crippen LogP contribution in [0, 0.1) is 5.82 Å². The molecule has 0 aromatic heterocycles. The molecule has 0 bridgehead atoms. The summed E-state index contributed by atoms with van der Waals surface area (Å²) in [6.07, 6.45) is 0. The molecule has 2 aromatic carbocycles. The van der Waals surface area contributed by atoms with Gasteiger partial charge >= 0.3 is 0 Å². The fourth-order valence-electron chi connectivity index (χ4n) is 1.78. The summed E-state index contributed by atoms with van der Waals surface area (Å²) in [6.45, 7) is 0.288. The molecular formula is C15H16FNO3S. The van der Waals surface area contributed by atoms with Crippen molar-refractivity contribution >= 4 is 9.84 Å². The summed E-state index contributed by atoms with van der Waals surface area (Å²) in [6, 6.07) is 12.0. The van der Waals surface area contributed by atoms with Crippen LogP contribution < -0.4 is 10.5 Å². The van der Waals surface area contributed by atoms with Crippen LogP contribution in [0.1, 0.15) is 5.56 Å². The van der Waals surface area contributed by atoms with Gasteiger partial charge in [-0.15, -0.1) is 0 Å². The summed E-state index contributed by atoms with van der Waals surface area (Å²) >= 11 is 0. The quantitative estimate of drug-likeness (QED) is 0.887. The van der Waals surface area contributed by atoms with Gasteiger partial charge in [0.25, 0.3) is 0 Å². The summed E-state index contributed by atoms with van der Waals surface area (Å²) in [5, 5.41) is 0. The Labute approximate surface area is 123 Å². The van der Waals surface area contributed by atoms with Crippen LogP contribution in [0.3, 0.4) is 0 Å². The largest absolute Gasteiger partial charge is 0.493 e. The highest BCUT2D eigenvalue weighted by molar-refractivity contribution is 7.91. The molecule has 0 atom stereocenters. The Morgan fingerprint density at radius 1 is 1.10 bits per heavy atom. The van der Waals surface area contributed by atoms with E-state index in [4.69, 9.17) is 10.5 Å². The van der Waals surface area contributed by atoms with Crippen molar-refractivity contribution in [2.45, 2.75) is 11.4 Å². The minimum atomic E-state index is -3.43. The summed E-state index contributed by atoms with van der Waals surface area (Å²) in [5.41, 5.74) is 6.26. The highest BCUT2D eigenvalue weighted by atomic mass is 32.2. The molecule has 0 aliphatic carbocycles.